The smallest absolute Gasteiger partial charge is 0.224 e. The van der Waals surface area contributed by atoms with Crippen LogP contribution in [0.5, 0.6) is 11.5 Å². The molecule has 0 unspecified atom stereocenters. The average Bonchev–Trinajstić information content (AvgIpc) is 2.78. The first-order valence-electron chi connectivity index (χ1n) is 10.1. The summed E-state index contributed by atoms with van der Waals surface area (Å²) in [6, 6.07) is 5.87. The maximum Gasteiger partial charge on any atom is 0.224 e. The van der Waals surface area contributed by atoms with Gasteiger partial charge >= 0.3 is 0 Å². The van der Waals surface area contributed by atoms with Crippen LogP contribution in [0.15, 0.2) is 30.5 Å². The summed E-state index contributed by atoms with van der Waals surface area (Å²) >= 11 is 0. The number of piperidine rings is 1. The molecule has 2 aliphatic rings. The highest BCUT2D eigenvalue weighted by atomic mass is 32.2. The molecule has 0 spiro atoms. The number of hydrogen-bond donors (Lipinski definition) is 2. The van der Waals surface area contributed by atoms with Crippen molar-refractivity contribution in [2.24, 2.45) is 0 Å². The Morgan fingerprint density at radius 3 is 2.61 bits per heavy atom. The van der Waals surface area contributed by atoms with Crippen molar-refractivity contribution in [3.8, 4) is 11.5 Å². The van der Waals surface area contributed by atoms with Gasteiger partial charge in [-0.1, -0.05) is 6.08 Å². The monoisotopic (exact) mass is 445 g/mol. The second-order valence-electron chi connectivity index (χ2n) is 7.60. The Balaban J connectivity index is 1.52. The number of nitrogens with zero attached hydrogens (tertiary/aromatic N) is 3. The average molecular weight is 446 g/mol. The van der Waals surface area contributed by atoms with Crippen molar-refractivity contribution in [3.63, 3.8) is 0 Å². The number of anilines is 2. The van der Waals surface area contributed by atoms with Crippen LogP contribution in [-0.4, -0.2) is 68.8 Å². The molecule has 4 rings (SSSR count). The number of ether oxygens (including phenoxy) is 2. The Morgan fingerprint density at radius 1 is 1.16 bits per heavy atom. The van der Waals surface area contributed by atoms with Gasteiger partial charge < -0.3 is 20.1 Å². The molecule has 166 valence electrons. The zero-order valence-electron chi connectivity index (χ0n) is 17.9. The standard InChI is InChI=1S/C21H27N5O4S/c1-29-15-4-5-17(19(12-15)30-2)16-6-9-22-20-18(16)13-23-21(25-20)24-14-7-10-26(11-8-14)31(3,27)28/h4-6,12-14H,7-11H2,1-3H3,(H2,22,23,24,25). The Hall–Kier alpha value is -2.85. The van der Waals surface area contributed by atoms with Crippen LogP contribution in [0.25, 0.3) is 5.57 Å². The number of benzene rings is 1. The molecule has 1 saturated heterocycles. The maximum absolute atomic E-state index is 11.7. The number of fused-ring (bicyclic) bond motifs is 1. The predicted octanol–water partition coefficient (Wildman–Crippen LogP) is 2.19. The summed E-state index contributed by atoms with van der Waals surface area (Å²) in [6.07, 6.45) is 6.58. The fourth-order valence-corrected chi connectivity index (χ4v) is 4.81. The Labute approximate surface area is 182 Å². The van der Waals surface area contributed by atoms with Crippen LogP contribution < -0.4 is 20.1 Å². The van der Waals surface area contributed by atoms with Crippen molar-refractivity contribution in [2.45, 2.75) is 18.9 Å². The van der Waals surface area contributed by atoms with E-state index >= 15 is 0 Å². The van der Waals surface area contributed by atoms with Crippen molar-refractivity contribution in [1.82, 2.24) is 14.3 Å². The van der Waals surface area contributed by atoms with E-state index in [0.717, 1.165) is 46.9 Å². The number of rotatable bonds is 6. The molecule has 1 aromatic carbocycles. The topological polar surface area (TPSA) is 106 Å². The van der Waals surface area contributed by atoms with E-state index in [-0.39, 0.29) is 6.04 Å². The molecule has 0 amide bonds. The number of sulfonamides is 1. The zero-order valence-corrected chi connectivity index (χ0v) is 18.7. The third-order valence-corrected chi connectivity index (χ3v) is 6.91. The number of hydrogen-bond acceptors (Lipinski definition) is 8. The molecule has 2 aromatic rings. The van der Waals surface area contributed by atoms with Gasteiger partial charge in [0.25, 0.3) is 0 Å². The predicted molar refractivity (Wildman–Crippen MR) is 120 cm³/mol. The van der Waals surface area contributed by atoms with Gasteiger partial charge in [-0.3, -0.25) is 0 Å². The minimum absolute atomic E-state index is 0.135. The minimum Gasteiger partial charge on any atom is -0.497 e. The van der Waals surface area contributed by atoms with Gasteiger partial charge in [-0.15, -0.1) is 0 Å². The van der Waals surface area contributed by atoms with E-state index in [1.807, 2.05) is 18.2 Å². The lowest BCUT2D eigenvalue weighted by Crippen LogP contribution is -2.42. The van der Waals surface area contributed by atoms with Gasteiger partial charge in [-0.05, 0) is 30.5 Å². The Bertz CT molecular complexity index is 1090. The molecule has 1 fully saturated rings. The molecular weight excluding hydrogens is 418 g/mol. The number of nitrogens with one attached hydrogen (secondary N) is 2. The summed E-state index contributed by atoms with van der Waals surface area (Å²) in [5.74, 6) is 2.74. The highest BCUT2D eigenvalue weighted by Gasteiger charge is 2.26. The molecule has 0 radical (unpaired) electrons. The summed E-state index contributed by atoms with van der Waals surface area (Å²) in [5, 5.41) is 6.66. The van der Waals surface area contributed by atoms with Gasteiger partial charge in [0, 0.05) is 49.1 Å². The molecule has 1 aromatic heterocycles. The van der Waals surface area contributed by atoms with E-state index in [1.54, 1.807) is 20.4 Å². The lowest BCUT2D eigenvalue weighted by atomic mass is 9.96. The van der Waals surface area contributed by atoms with Crippen LogP contribution >= 0.6 is 0 Å². The van der Waals surface area contributed by atoms with Gasteiger partial charge in [0.15, 0.2) is 0 Å². The van der Waals surface area contributed by atoms with E-state index in [9.17, 15) is 8.42 Å². The van der Waals surface area contributed by atoms with Crippen molar-refractivity contribution < 1.29 is 17.9 Å². The summed E-state index contributed by atoms with van der Waals surface area (Å²) in [6.45, 7) is 1.65. The fourth-order valence-electron chi connectivity index (χ4n) is 3.93. The first-order chi connectivity index (χ1) is 14.9. The third kappa shape index (κ3) is 4.59. The van der Waals surface area contributed by atoms with E-state index in [1.165, 1.54) is 10.6 Å². The van der Waals surface area contributed by atoms with Crippen molar-refractivity contribution >= 4 is 27.4 Å². The van der Waals surface area contributed by atoms with Gasteiger partial charge in [0.05, 0.1) is 20.5 Å². The second kappa shape index (κ2) is 8.72. The summed E-state index contributed by atoms with van der Waals surface area (Å²) in [7, 11) is 0.127. The normalized spacial score (nSPS) is 17.3. The second-order valence-corrected chi connectivity index (χ2v) is 9.58. The minimum atomic E-state index is -3.14. The summed E-state index contributed by atoms with van der Waals surface area (Å²) in [5.41, 5.74) is 2.84. The van der Waals surface area contributed by atoms with Crippen LogP contribution in [-0.2, 0) is 10.0 Å². The SMILES string of the molecule is COc1ccc(C2=CCNc3nc(NC4CCN(S(C)(=O)=O)CC4)ncc32)c(OC)c1. The molecular formula is C21H27N5O4S. The molecule has 0 aliphatic carbocycles. The van der Waals surface area contributed by atoms with Gasteiger partial charge in [-0.2, -0.15) is 4.98 Å². The Kier molecular flexibility index (Phi) is 6.01. The highest BCUT2D eigenvalue weighted by Crippen LogP contribution is 2.37. The molecule has 31 heavy (non-hydrogen) atoms. The quantitative estimate of drug-likeness (QED) is 0.697. The summed E-state index contributed by atoms with van der Waals surface area (Å²) < 4.78 is 35.8. The van der Waals surface area contributed by atoms with Crippen LogP contribution in [0.4, 0.5) is 11.8 Å². The van der Waals surface area contributed by atoms with Crippen LogP contribution in [0.3, 0.4) is 0 Å². The molecule has 0 saturated carbocycles. The first-order valence-corrected chi connectivity index (χ1v) is 12.0. The molecule has 2 aliphatic heterocycles. The van der Waals surface area contributed by atoms with Crippen LogP contribution in [0, 0.1) is 0 Å². The van der Waals surface area contributed by atoms with Gasteiger partial charge in [0.1, 0.15) is 17.3 Å². The van der Waals surface area contributed by atoms with Gasteiger partial charge in [0.2, 0.25) is 16.0 Å². The van der Waals surface area contributed by atoms with E-state index < -0.39 is 10.0 Å². The summed E-state index contributed by atoms with van der Waals surface area (Å²) in [4.78, 5) is 9.19. The van der Waals surface area contributed by atoms with Crippen molar-refractivity contribution in [2.75, 3.05) is 50.7 Å². The molecule has 0 atom stereocenters. The van der Waals surface area contributed by atoms with Crippen LogP contribution in [0.1, 0.15) is 24.0 Å². The van der Waals surface area contributed by atoms with E-state index in [0.29, 0.717) is 25.6 Å². The maximum atomic E-state index is 11.7. The molecule has 2 N–H and O–H groups in total. The highest BCUT2D eigenvalue weighted by molar-refractivity contribution is 7.88. The van der Waals surface area contributed by atoms with Crippen molar-refractivity contribution in [3.05, 3.63) is 41.6 Å². The van der Waals surface area contributed by atoms with Crippen LogP contribution in [0.2, 0.25) is 0 Å². The number of aromatic nitrogens is 2. The largest absolute Gasteiger partial charge is 0.497 e. The van der Waals surface area contributed by atoms with Gasteiger partial charge in [-0.25, -0.2) is 17.7 Å². The van der Waals surface area contributed by atoms with E-state index in [4.69, 9.17) is 9.47 Å². The first kappa shape index (κ1) is 21.4. The molecule has 3 heterocycles. The Morgan fingerprint density at radius 2 is 1.94 bits per heavy atom. The molecule has 0 bridgehead atoms. The molecule has 10 heteroatoms. The lowest BCUT2D eigenvalue weighted by Gasteiger charge is -2.30. The lowest BCUT2D eigenvalue weighted by molar-refractivity contribution is 0.331. The zero-order chi connectivity index (χ0) is 22.0. The fraction of sp³-hybridized carbons (Fsp3) is 0.429. The van der Waals surface area contributed by atoms with E-state index in [2.05, 4.69) is 26.7 Å². The van der Waals surface area contributed by atoms with Crippen molar-refractivity contribution in [1.29, 1.82) is 0 Å². The number of methoxy groups -OCH3 is 2. The third-order valence-electron chi connectivity index (χ3n) is 5.61. The molecule has 9 nitrogen and oxygen atoms in total.